The van der Waals surface area contributed by atoms with Crippen LogP contribution in [-0.4, -0.2) is 24.1 Å². The highest BCUT2D eigenvalue weighted by molar-refractivity contribution is 7.99. The quantitative estimate of drug-likeness (QED) is 0.919. The summed E-state index contributed by atoms with van der Waals surface area (Å²) in [5.41, 5.74) is 1.41. The molecule has 0 saturated heterocycles. The summed E-state index contributed by atoms with van der Waals surface area (Å²) in [5, 5.41) is 3.33. The Balaban J connectivity index is 1.78. The topological polar surface area (TPSA) is 49.4 Å². The van der Waals surface area contributed by atoms with Gasteiger partial charge in [0, 0.05) is 27.8 Å². The normalized spacial score (nSPS) is 14.1. The van der Waals surface area contributed by atoms with Gasteiger partial charge in [-0.1, -0.05) is 29.8 Å². The lowest BCUT2D eigenvalue weighted by Gasteiger charge is -2.22. The van der Waals surface area contributed by atoms with E-state index in [2.05, 4.69) is 5.32 Å². The molecule has 118 valence electrons. The van der Waals surface area contributed by atoms with Crippen molar-refractivity contribution in [2.75, 3.05) is 22.5 Å². The van der Waals surface area contributed by atoms with Gasteiger partial charge < -0.3 is 10.2 Å². The van der Waals surface area contributed by atoms with E-state index in [4.69, 9.17) is 11.6 Å². The maximum Gasteiger partial charge on any atom is 0.244 e. The number of para-hydroxylation sites is 1. The summed E-state index contributed by atoms with van der Waals surface area (Å²) in [6.07, 6.45) is 0.420. The first-order valence-electron chi connectivity index (χ1n) is 7.21. The maximum atomic E-state index is 12.3. The second-order valence-corrected chi connectivity index (χ2v) is 6.68. The van der Waals surface area contributed by atoms with E-state index in [0.29, 0.717) is 17.1 Å². The van der Waals surface area contributed by atoms with Gasteiger partial charge in [-0.15, -0.1) is 11.8 Å². The van der Waals surface area contributed by atoms with Gasteiger partial charge >= 0.3 is 0 Å². The smallest absolute Gasteiger partial charge is 0.244 e. The molecular weight excluding hydrogens is 332 g/mol. The molecule has 0 aliphatic carbocycles. The molecule has 2 aromatic carbocycles. The van der Waals surface area contributed by atoms with Crippen molar-refractivity contribution >= 4 is 46.6 Å². The number of benzene rings is 2. The fraction of sp³-hybridized carbons (Fsp3) is 0.176. The Morgan fingerprint density at radius 3 is 2.87 bits per heavy atom. The number of rotatable bonds is 3. The highest BCUT2D eigenvalue weighted by Gasteiger charge is 2.24. The van der Waals surface area contributed by atoms with Crippen molar-refractivity contribution in [2.45, 2.75) is 11.3 Å². The van der Waals surface area contributed by atoms with Gasteiger partial charge in [-0.3, -0.25) is 9.59 Å². The molecule has 0 bridgehead atoms. The molecule has 23 heavy (non-hydrogen) atoms. The minimum Gasteiger partial charge on any atom is -0.324 e. The third kappa shape index (κ3) is 3.86. The van der Waals surface area contributed by atoms with Crippen LogP contribution < -0.4 is 10.2 Å². The van der Waals surface area contributed by atoms with E-state index in [1.165, 1.54) is 0 Å². The van der Waals surface area contributed by atoms with Gasteiger partial charge in [-0.05, 0) is 30.3 Å². The molecule has 6 heteroatoms. The number of amides is 2. The van der Waals surface area contributed by atoms with E-state index in [0.717, 1.165) is 16.3 Å². The zero-order valence-electron chi connectivity index (χ0n) is 12.3. The monoisotopic (exact) mass is 346 g/mol. The number of hydrogen-bond donors (Lipinski definition) is 1. The molecule has 0 saturated carbocycles. The number of fused-ring (bicyclic) bond motifs is 1. The molecule has 0 aromatic heterocycles. The van der Waals surface area contributed by atoms with Gasteiger partial charge in [0.1, 0.15) is 6.54 Å². The molecule has 0 fully saturated rings. The summed E-state index contributed by atoms with van der Waals surface area (Å²) in [5.74, 6) is 0.438. The summed E-state index contributed by atoms with van der Waals surface area (Å²) in [6, 6.07) is 14.6. The first kappa shape index (κ1) is 15.9. The number of halogens is 1. The van der Waals surface area contributed by atoms with Crippen LogP contribution in [0.15, 0.2) is 53.4 Å². The van der Waals surface area contributed by atoms with Crippen LogP contribution in [0, 0.1) is 0 Å². The minimum absolute atomic E-state index is 0.0110. The van der Waals surface area contributed by atoms with E-state index in [1.54, 1.807) is 40.9 Å². The SMILES string of the molecule is O=C(CN1C(=O)CCSc2ccccc21)Nc1cccc(Cl)c1. The van der Waals surface area contributed by atoms with Crippen molar-refractivity contribution in [3.05, 3.63) is 53.6 Å². The first-order chi connectivity index (χ1) is 11.1. The molecule has 1 aliphatic heterocycles. The molecule has 4 nitrogen and oxygen atoms in total. The molecule has 2 aromatic rings. The highest BCUT2D eigenvalue weighted by Crippen LogP contribution is 2.33. The Hall–Kier alpha value is -1.98. The van der Waals surface area contributed by atoms with Gasteiger partial charge in [0.15, 0.2) is 0 Å². The number of thioether (sulfide) groups is 1. The van der Waals surface area contributed by atoms with E-state index in [-0.39, 0.29) is 18.4 Å². The van der Waals surface area contributed by atoms with Crippen molar-refractivity contribution in [1.82, 2.24) is 0 Å². The largest absolute Gasteiger partial charge is 0.324 e. The zero-order chi connectivity index (χ0) is 16.2. The van der Waals surface area contributed by atoms with E-state index >= 15 is 0 Å². The lowest BCUT2D eigenvalue weighted by Crippen LogP contribution is -2.37. The van der Waals surface area contributed by atoms with E-state index in [9.17, 15) is 9.59 Å². The molecule has 1 aliphatic rings. The second kappa shape index (κ2) is 7.06. The third-order valence-electron chi connectivity index (χ3n) is 3.44. The lowest BCUT2D eigenvalue weighted by atomic mass is 10.2. The lowest BCUT2D eigenvalue weighted by molar-refractivity contribution is -0.121. The number of nitrogens with one attached hydrogen (secondary N) is 1. The number of nitrogens with zero attached hydrogens (tertiary/aromatic N) is 1. The third-order valence-corrected chi connectivity index (χ3v) is 4.74. The summed E-state index contributed by atoms with van der Waals surface area (Å²) >= 11 is 7.55. The molecular formula is C17H15ClN2O2S. The number of hydrogen-bond acceptors (Lipinski definition) is 3. The van der Waals surface area contributed by atoms with Crippen LogP contribution in [0.3, 0.4) is 0 Å². The predicted octanol–water partition coefficient (Wildman–Crippen LogP) is 3.81. The van der Waals surface area contributed by atoms with Crippen molar-refractivity contribution < 1.29 is 9.59 Å². The van der Waals surface area contributed by atoms with Crippen molar-refractivity contribution in [3.8, 4) is 0 Å². The van der Waals surface area contributed by atoms with Crippen LogP contribution in [0.4, 0.5) is 11.4 Å². The van der Waals surface area contributed by atoms with Gasteiger partial charge in [-0.2, -0.15) is 0 Å². The van der Waals surface area contributed by atoms with Crippen molar-refractivity contribution in [3.63, 3.8) is 0 Å². The summed E-state index contributed by atoms with van der Waals surface area (Å²) in [7, 11) is 0. The molecule has 0 unspecified atom stereocenters. The van der Waals surface area contributed by atoms with Gasteiger partial charge in [0.05, 0.1) is 5.69 Å². The molecule has 0 spiro atoms. The molecule has 1 N–H and O–H groups in total. The predicted molar refractivity (Wildman–Crippen MR) is 94.2 cm³/mol. The van der Waals surface area contributed by atoms with Crippen molar-refractivity contribution in [2.24, 2.45) is 0 Å². The van der Waals surface area contributed by atoms with Crippen LogP contribution in [0.5, 0.6) is 0 Å². The Bertz CT molecular complexity index is 751. The standard InChI is InChI=1S/C17H15ClN2O2S/c18-12-4-3-5-13(10-12)19-16(21)11-20-14-6-1-2-7-15(14)23-9-8-17(20)22/h1-7,10H,8-9,11H2,(H,19,21). The Morgan fingerprint density at radius 2 is 2.04 bits per heavy atom. The van der Waals surface area contributed by atoms with Gasteiger partial charge in [-0.25, -0.2) is 0 Å². The summed E-state index contributed by atoms with van der Waals surface area (Å²) < 4.78 is 0. The first-order valence-corrected chi connectivity index (χ1v) is 8.57. The highest BCUT2D eigenvalue weighted by atomic mass is 35.5. The fourth-order valence-electron chi connectivity index (χ4n) is 2.40. The average Bonchev–Trinajstić information content (AvgIpc) is 2.67. The molecule has 1 heterocycles. The molecule has 0 radical (unpaired) electrons. The zero-order valence-corrected chi connectivity index (χ0v) is 13.9. The van der Waals surface area contributed by atoms with Crippen molar-refractivity contribution in [1.29, 1.82) is 0 Å². The van der Waals surface area contributed by atoms with Gasteiger partial charge in [0.25, 0.3) is 0 Å². The fourth-order valence-corrected chi connectivity index (χ4v) is 3.59. The summed E-state index contributed by atoms with van der Waals surface area (Å²) in [6.45, 7) is -0.0110. The molecule has 0 atom stereocenters. The van der Waals surface area contributed by atoms with Crippen LogP contribution in [0.1, 0.15) is 6.42 Å². The molecule has 3 rings (SSSR count). The second-order valence-electron chi connectivity index (χ2n) is 5.10. The minimum atomic E-state index is -0.248. The maximum absolute atomic E-state index is 12.3. The Labute approximate surface area is 143 Å². The number of carbonyl (C=O) groups excluding carboxylic acids is 2. The molecule has 2 amide bonds. The van der Waals surface area contributed by atoms with Crippen LogP contribution >= 0.6 is 23.4 Å². The Morgan fingerprint density at radius 1 is 1.22 bits per heavy atom. The van der Waals surface area contributed by atoms with E-state index < -0.39 is 0 Å². The van der Waals surface area contributed by atoms with Crippen LogP contribution in [0.25, 0.3) is 0 Å². The van der Waals surface area contributed by atoms with Crippen LogP contribution in [0.2, 0.25) is 5.02 Å². The number of carbonyl (C=O) groups is 2. The van der Waals surface area contributed by atoms with Gasteiger partial charge in [0.2, 0.25) is 11.8 Å². The Kier molecular flexibility index (Phi) is 4.88. The summed E-state index contributed by atoms with van der Waals surface area (Å²) in [4.78, 5) is 27.2. The van der Waals surface area contributed by atoms with E-state index in [1.807, 2.05) is 24.3 Å². The average molecular weight is 347 g/mol. The van der Waals surface area contributed by atoms with Crippen LogP contribution in [-0.2, 0) is 9.59 Å². The number of anilines is 2.